The third-order valence-corrected chi connectivity index (χ3v) is 5.32. The Morgan fingerprint density at radius 3 is 2.58 bits per heavy atom. The molecule has 0 radical (unpaired) electrons. The molecule has 158 valence electrons. The normalized spacial score (nSPS) is 15.1. The van der Waals surface area contributed by atoms with Crippen LogP contribution in [0.1, 0.15) is 23.5 Å². The molecule has 0 bridgehead atoms. The van der Waals surface area contributed by atoms with Crippen molar-refractivity contribution in [1.29, 1.82) is 0 Å². The van der Waals surface area contributed by atoms with E-state index in [0.717, 1.165) is 5.56 Å². The lowest BCUT2D eigenvalue weighted by Gasteiger charge is -2.23. The van der Waals surface area contributed by atoms with Crippen molar-refractivity contribution in [2.24, 2.45) is 0 Å². The zero-order valence-electron chi connectivity index (χ0n) is 16.3. The maximum atomic E-state index is 12.8. The van der Waals surface area contributed by atoms with Crippen molar-refractivity contribution >= 4 is 58.2 Å². The molecule has 1 atom stereocenters. The quantitative estimate of drug-likeness (QED) is 0.468. The maximum absolute atomic E-state index is 12.8. The zero-order valence-corrected chi connectivity index (χ0v) is 17.8. The first-order chi connectivity index (χ1) is 14.8. The first-order valence-corrected chi connectivity index (χ1v) is 10.1. The van der Waals surface area contributed by atoms with E-state index >= 15 is 0 Å². The summed E-state index contributed by atoms with van der Waals surface area (Å²) in [7, 11) is 0. The van der Waals surface area contributed by atoms with E-state index in [-0.39, 0.29) is 23.8 Å². The van der Waals surface area contributed by atoms with Crippen molar-refractivity contribution in [3.8, 4) is 0 Å². The first kappa shape index (κ1) is 20.9. The second-order valence-corrected chi connectivity index (χ2v) is 7.93. The van der Waals surface area contributed by atoms with Crippen LogP contribution in [-0.2, 0) is 9.59 Å². The molecule has 8 nitrogen and oxygen atoms in total. The number of anilines is 4. The largest absolute Gasteiger partial charge is 0.326 e. The van der Waals surface area contributed by atoms with Gasteiger partial charge in [-0.25, -0.2) is 0 Å². The second-order valence-electron chi connectivity index (χ2n) is 7.09. The van der Waals surface area contributed by atoms with E-state index in [9.17, 15) is 14.4 Å². The molecule has 0 spiro atoms. The molecule has 1 aliphatic rings. The molecule has 3 aromatic rings. The summed E-state index contributed by atoms with van der Waals surface area (Å²) >= 11 is 12.0. The summed E-state index contributed by atoms with van der Waals surface area (Å²) < 4.78 is 0. The van der Waals surface area contributed by atoms with Crippen LogP contribution in [0, 0.1) is 6.92 Å². The number of rotatable bonds is 4. The molecule has 0 saturated heterocycles. The van der Waals surface area contributed by atoms with Gasteiger partial charge in [0.15, 0.2) is 0 Å². The standard InChI is InChI=1S/C21H17Cl2N5O3/c1-10-2-5-12(6-3-10)24-19(30)13-9-16(29)26-18-17(13)20(31)28-21(27-18)25-15-7-4-11(22)8-14(15)23/h2-8,13H,9H2,1H3,(H,24,30)(H3,25,26,27,28,29,31). The van der Waals surface area contributed by atoms with E-state index in [1.807, 2.05) is 19.1 Å². The monoisotopic (exact) mass is 457 g/mol. The molecule has 1 unspecified atom stereocenters. The van der Waals surface area contributed by atoms with Gasteiger partial charge in [-0.15, -0.1) is 0 Å². The van der Waals surface area contributed by atoms with Gasteiger partial charge in [0.2, 0.25) is 17.8 Å². The summed E-state index contributed by atoms with van der Waals surface area (Å²) in [5, 5.41) is 8.98. The Morgan fingerprint density at radius 1 is 1.13 bits per heavy atom. The van der Waals surface area contributed by atoms with Crippen molar-refractivity contribution in [3.05, 3.63) is 74.0 Å². The van der Waals surface area contributed by atoms with E-state index in [2.05, 4.69) is 25.9 Å². The number of nitrogens with zero attached hydrogens (tertiary/aromatic N) is 1. The van der Waals surface area contributed by atoms with E-state index in [4.69, 9.17) is 23.2 Å². The smallest absolute Gasteiger partial charge is 0.258 e. The number of carbonyl (C=O) groups excluding carboxylic acids is 2. The Labute approximate surface area is 187 Å². The molecule has 0 fully saturated rings. The van der Waals surface area contributed by atoms with E-state index < -0.39 is 23.3 Å². The number of hydrogen-bond acceptors (Lipinski definition) is 5. The van der Waals surface area contributed by atoms with Gasteiger partial charge in [-0.1, -0.05) is 40.9 Å². The van der Waals surface area contributed by atoms with Crippen molar-refractivity contribution in [2.75, 3.05) is 16.0 Å². The third-order valence-electron chi connectivity index (χ3n) is 4.77. The molecule has 1 aliphatic heterocycles. The van der Waals surface area contributed by atoms with Crippen molar-refractivity contribution in [2.45, 2.75) is 19.3 Å². The van der Waals surface area contributed by atoms with Crippen LogP contribution in [-0.4, -0.2) is 21.8 Å². The highest BCUT2D eigenvalue weighted by molar-refractivity contribution is 6.36. The van der Waals surface area contributed by atoms with Crippen LogP contribution in [0.3, 0.4) is 0 Å². The SMILES string of the molecule is Cc1ccc(NC(=O)C2CC(=O)Nc3nc(Nc4ccc(Cl)cc4Cl)[nH]c(=O)c32)cc1. The summed E-state index contributed by atoms with van der Waals surface area (Å²) in [6.45, 7) is 1.93. The van der Waals surface area contributed by atoms with Crippen LogP contribution >= 0.6 is 23.2 Å². The van der Waals surface area contributed by atoms with Crippen molar-refractivity contribution in [1.82, 2.24) is 9.97 Å². The Bertz CT molecular complexity index is 1240. The minimum Gasteiger partial charge on any atom is -0.326 e. The van der Waals surface area contributed by atoms with Gasteiger partial charge in [0.1, 0.15) is 5.82 Å². The Kier molecular flexibility index (Phi) is 5.67. The molecule has 0 aliphatic carbocycles. The number of hydrogen-bond donors (Lipinski definition) is 4. The molecule has 2 amide bonds. The number of carbonyl (C=O) groups is 2. The molecule has 2 heterocycles. The summed E-state index contributed by atoms with van der Waals surface area (Å²) in [5.41, 5.74) is 1.63. The number of H-pyrrole nitrogens is 1. The molecule has 0 saturated carbocycles. The molecular formula is C21H17Cl2N5O3. The van der Waals surface area contributed by atoms with Crippen LogP contribution in [0.25, 0.3) is 0 Å². The van der Waals surface area contributed by atoms with Gasteiger partial charge in [-0.05, 0) is 37.3 Å². The highest BCUT2D eigenvalue weighted by atomic mass is 35.5. The number of aromatic nitrogens is 2. The van der Waals surface area contributed by atoms with Gasteiger partial charge in [0, 0.05) is 17.1 Å². The number of fused-ring (bicyclic) bond motifs is 1. The molecular weight excluding hydrogens is 441 g/mol. The third kappa shape index (κ3) is 4.55. The van der Waals surface area contributed by atoms with Gasteiger partial charge in [0.25, 0.3) is 5.56 Å². The van der Waals surface area contributed by atoms with Crippen LogP contribution in [0.5, 0.6) is 0 Å². The minimum atomic E-state index is -0.977. The summed E-state index contributed by atoms with van der Waals surface area (Å²) in [5.74, 6) is -1.77. The summed E-state index contributed by atoms with van der Waals surface area (Å²) in [6.07, 6.45) is -0.161. The Morgan fingerprint density at radius 2 is 1.87 bits per heavy atom. The van der Waals surface area contributed by atoms with Crippen molar-refractivity contribution < 1.29 is 9.59 Å². The highest BCUT2D eigenvalue weighted by Crippen LogP contribution is 2.31. The molecule has 10 heteroatoms. The van der Waals surface area contributed by atoms with Gasteiger partial charge in [-0.3, -0.25) is 19.4 Å². The molecule has 1 aromatic heterocycles. The van der Waals surface area contributed by atoms with Crippen LogP contribution in [0.4, 0.5) is 23.1 Å². The average Bonchev–Trinajstić information content (AvgIpc) is 2.71. The highest BCUT2D eigenvalue weighted by Gasteiger charge is 2.34. The Balaban J connectivity index is 1.64. The van der Waals surface area contributed by atoms with E-state index in [0.29, 0.717) is 21.4 Å². The van der Waals surface area contributed by atoms with Crippen LogP contribution < -0.4 is 21.5 Å². The van der Waals surface area contributed by atoms with Gasteiger partial charge in [0.05, 0.1) is 22.2 Å². The number of aryl methyl sites for hydroxylation is 1. The predicted octanol–water partition coefficient (Wildman–Crippen LogP) is 4.19. The van der Waals surface area contributed by atoms with Gasteiger partial charge < -0.3 is 16.0 Å². The van der Waals surface area contributed by atoms with E-state index in [1.165, 1.54) is 6.07 Å². The summed E-state index contributed by atoms with van der Waals surface area (Å²) in [4.78, 5) is 44.7. The van der Waals surface area contributed by atoms with Gasteiger partial charge >= 0.3 is 0 Å². The fraction of sp³-hybridized carbons (Fsp3) is 0.143. The van der Waals surface area contributed by atoms with Gasteiger partial charge in [-0.2, -0.15) is 4.98 Å². The molecule has 4 N–H and O–H groups in total. The molecule has 31 heavy (non-hydrogen) atoms. The lowest BCUT2D eigenvalue weighted by molar-refractivity contribution is -0.123. The number of nitrogens with one attached hydrogen (secondary N) is 4. The van der Waals surface area contributed by atoms with Crippen LogP contribution in [0.15, 0.2) is 47.3 Å². The zero-order chi connectivity index (χ0) is 22.1. The first-order valence-electron chi connectivity index (χ1n) is 9.34. The minimum absolute atomic E-state index is 0.0247. The molecule has 2 aromatic carbocycles. The average molecular weight is 458 g/mol. The number of amides is 2. The fourth-order valence-electron chi connectivity index (χ4n) is 3.24. The number of aromatic amines is 1. The van der Waals surface area contributed by atoms with E-state index in [1.54, 1.807) is 24.3 Å². The lowest BCUT2D eigenvalue weighted by Crippen LogP contribution is -2.36. The number of halogens is 2. The molecule has 4 rings (SSSR count). The lowest BCUT2D eigenvalue weighted by atomic mass is 9.92. The fourth-order valence-corrected chi connectivity index (χ4v) is 3.69. The topological polar surface area (TPSA) is 116 Å². The number of benzene rings is 2. The summed E-state index contributed by atoms with van der Waals surface area (Å²) in [6, 6.07) is 12.0. The Hall–Kier alpha value is -3.36. The van der Waals surface area contributed by atoms with Crippen LogP contribution in [0.2, 0.25) is 10.0 Å². The second kappa shape index (κ2) is 8.41. The predicted molar refractivity (Wildman–Crippen MR) is 120 cm³/mol. The maximum Gasteiger partial charge on any atom is 0.258 e. The van der Waals surface area contributed by atoms with Crippen molar-refractivity contribution in [3.63, 3.8) is 0 Å².